The molecule has 0 amide bonds. The zero-order valence-electron chi connectivity index (χ0n) is 10.7. The lowest BCUT2D eigenvalue weighted by Crippen LogP contribution is -2.15. The maximum atomic E-state index is 12.0. The Morgan fingerprint density at radius 2 is 1.62 bits per heavy atom. The topological polar surface area (TPSA) is 89.3 Å². The molecular formula is C13H11BrN2O4S. The van der Waals surface area contributed by atoms with Crippen molar-refractivity contribution in [3.05, 3.63) is 68.7 Å². The minimum atomic E-state index is -3.57. The molecule has 0 bridgehead atoms. The molecule has 1 N–H and O–H groups in total. The first-order valence-electron chi connectivity index (χ1n) is 5.85. The van der Waals surface area contributed by atoms with Crippen LogP contribution < -0.4 is 4.72 Å². The average Bonchev–Trinajstić information content (AvgIpc) is 2.41. The highest BCUT2D eigenvalue weighted by molar-refractivity contribution is 9.10. The number of nitro groups is 1. The van der Waals surface area contributed by atoms with Gasteiger partial charge in [0.25, 0.3) is 5.69 Å². The highest BCUT2D eigenvalue weighted by atomic mass is 79.9. The van der Waals surface area contributed by atoms with E-state index in [4.69, 9.17) is 0 Å². The van der Waals surface area contributed by atoms with E-state index in [2.05, 4.69) is 20.7 Å². The van der Waals surface area contributed by atoms with Gasteiger partial charge in [-0.25, -0.2) is 8.42 Å². The fraction of sp³-hybridized carbons (Fsp3) is 0.0769. The van der Waals surface area contributed by atoms with E-state index in [1.165, 1.54) is 24.3 Å². The highest BCUT2D eigenvalue weighted by Gasteiger charge is 2.13. The van der Waals surface area contributed by atoms with Gasteiger partial charge in [-0.15, -0.1) is 0 Å². The van der Waals surface area contributed by atoms with Gasteiger partial charge in [0.2, 0.25) is 10.0 Å². The average molecular weight is 371 g/mol. The second-order valence-corrected chi connectivity index (χ2v) is 6.93. The van der Waals surface area contributed by atoms with Crippen LogP contribution in [0.3, 0.4) is 0 Å². The van der Waals surface area contributed by atoms with E-state index in [-0.39, 0.29) is 11.4 Å². The van der Waals surface area contributed by atoms with Crippen LogP contribution in [-0.2, 0) is 15.8 Å². The minimum Gasteiger partial charge on any atom is -0.283 e. The summed E-state index contributed by atoms with van der Waals surface area (Å²) in [6, 6.07) is 12.1. The predicted molar refractivity (Wildman–Crippen MR) is 83.5 cm³/mol. The molecule has 0 saturated heterocycles. The second kappa shape index (κ2) is 6.23. The van der Waals surface area contributed by atoms with Crippen LogP contribution in [-0.4, -0.2) is 13.3 Å². The number of hydrogen-bond donors (Lipinski definition) is 1. The van der Waals surface area contributed by atoms with Crippen molar-refractivity contribution < 1.29 is 13.3 Å². The molecule has 2 aromatic carbocycles. The number of hydrogen-bond acceptors (Lipinski definition) is 4. The Morgan fingerprint density at radius 3 is 2.14 bits per heavy atom. The second-order valence-electron chi connectivity index (χ2n) is 4.29. The van der Waals surface area contributed by atoms with Gasteiger partial charge in [0.05, 0.1) is 10.7 Å². The van der Waals surface area contributed by atoms with Crippen LogP contribution in [0.25, 0.3) is 0 Å². The molecule has 0 fully saturated rings. The van der Waals surface area contributed by atoms with Gasteiger partial charge >= 0.3 is 0 Å². The van der Waals surface area contributed by atoms with Crippen LogP contribution >= 0.6 is 15.9 Å². The zero-order chi connectivity index (χ0) is 15.5. The van der Waals surface area contributed by atoms with E-state index < -0.39 is 14.9 Å². The molecule has 0 aliphatic rings. The largest absolute Gasteiger partial charge is 0.283 e. The maximum absolute atomic E-state index is 12.0. The summed E-state index contributed by atoms with van der Waals surface area (Å²) < 4.78 is 27.3. The number of halogens is 1. The quantitative estimate of drug-likeness (QED) is 0.645. The van der Waals surface area contributed by atoms with E-state index in [0.29, 0.717) is 11.3 Å². The number of benzene rings is 2. The maximum Gasteiger partial charge on any atom is 0.269 e. The number of nitrogens with one attached hydrogen (secondary N) is 1. The number of rotatable bonds is 5. The van der Waals surface area contributed by atoms with Crippen LogP contribution in [0.2, 0.25) is 0 Å². The van der Waals surface area contributed by atoms with E-state index in [0.717, 1.165) is 4.47 Å². The summed E-state index contributed by atoms with van der Waals surface area (Å²) in [4.78, 5) is 10.0. The van der Waals surface area contributed by atoms with Gasteiger partial charge in [-0.1, -0.05) is 28.1 Å². The molecule has 6 nitrogen and oxygen atoms in total. The standard InChI is InChI=1S/C13H11BrN2O4S/c14-11-3-5-12(6-4-11)15-21(19,20)9-10-1-7-13(8-2-10)16(17)18/h1-8,15H,9H2. The lowest BCUT2D eigenvalue weighted by Gasteiger charge is -2.08. The number of nitro benzene ring substituents is 1. The first-order valence-corrected chi connectivity index (χ1v) is 8.30. The smallest absolute Gasteiger partial charge is 0.269 e. The molecule has 0 atom stereocenters. The molecule has 0 saturated carbocycles. The van der Waals surface area contributed by atoms with Gasteiger partial charge in [0, 0.05) is 22.3 Å². The van der Waals surface area contributed by atoms with Crippen molar-refractivity contribution in [2.75, 3.05) is 4.72 Å². The highest BCUT2D eigenvalue weighted by Crippen LogP contribution is 2.18. The van der Waals surface area contributed by atoms with Crippen LogP contribution in [0, 0.1) is 10.1 Å². The summed E-state index contributed by atoms with van der Waals surface area (Å²) in [6.45, 7) is 0. The molecular weight excluding hydrogens is 360 g/mol. The van der Waals surface area contributed by atoms with Crippen molar-refractivity contribution >= 4 is 37.3 Å². The van der Waals surface area contributed by atoms with E-state index >= 15 is 0 Å². The van der Waals surface area contributed by atoms with Crippen molar-refractivity contribution in [3.8, 4) is 0 Å². The molecule has 0 aliphatic carbocycles. The lowest BCUT2D eigenvalue weighted by molar-refractivity contribution is -0.384. The van der Waals surface area contributed by atoms with Crippen molar-refractivity contribution in [2.24, 2.45) is 0 Å². The van der Waals surface area contributed by atoms with Gasteiger partial charge in [0.1, 0.15) is 0 Å². The Labute approximate surface area is 130 Å². The van der Waals surface area contributed by atoms with E-state index in [1.54, 1.807) is 24.3 Å². The first-order chi connectivity index (χ1) is 9.85. The lowest BCUT2D eigenvalue weighted by atomic mass is 10.2. The van der Waals surface area contributed by atoms with E-state index in [9.17, 15) is 18.5 Å². The Balaban J connectivity index is 2.10. The molecule has 2 rings (SSSR count). The molecule has 0 radical (unpaired) electrons. The molecule has 110 valence electrons. The molecule has 0 unspecified atom stereocenters. The van der Waals surface area contributed by atoms with Gasteiger partial charge in [-0.05, 0) is 29.8 Å². The zero-order valence-corrected chi connectivity index (χ0v) is 13.1. The normalized spacial score (nSPS) is 11.1. The molecule has 0 aromatic heterocycles. The minimum absolute atomic E-state index is 0.0722. The summed E-state index contributed by atoms with van der Waals surface area (Å²) in [7, 11) is -3.57. The third-order valence-electron chi connectivity index (χ3n) is 2.62. The number of sulfonamides is 1. The van der Waals surface area contributed by atoms with Gasteiger partial charge < -0.3 is 0 Å². The molecule has 0 heterocycles. The number of anilines is 1. The number of non-ortho nitro benzene ring substituents is 1. The van der Waals surface area contributed by atoms with Crippen LogP contribution in [0.5, 0.6) is 0 Å². The monoisotopic (exact) mass is 370 g/mol. The third-order valence-corrected chi connectivity index (χ3v) is 4.41. The summed E-state index contributed by atoms with van der Waals surface area (Å²) in [5, 5.41) is 10.5. The van der Waals surface area contributed by atoms with Crippen molar-refractivity contribution in [1.82, 2.24) is 0 Å². The molecule has 21 heavy (non-hydrogen) atoms. The number of nitrogens with zero attached hydrogens (tertiary/aromatic N) is 1. The van der Waals surface area contributed by atoms with Crippen molar-refractivity contribution in [3.63, 3.8) is 0 Å². The van der Waals surface area contributed by atoms with Crippen LogP contribution in [0.15, 0.2) is 53.0 Å². The summed E-state index contributed by atoms with van der Waals surface area (Å²) in [5.74, 6) is -0.249. The molecule has 0 aliphatic heterocycles. The van der Waals surface area contributed by atoms with Gasteiger partial charge in [-0.2, -0.15) is 0 Å². The van der Waals surface area contributed by atoms with Gasteiger partial charge in [0.15, 0.2) is 0 Å². The van der Waals surface area contributed by atoms with Crippen LogP contribution in [0.1, 0.15) is 5.56 Å². The van der Waals surface area contributed by atoms with Crippen molar-refractivity contribution in [1.29, 1.82) is 0 Å². The Hall–Kier alpha value is -1.93. The SMILES string of the molecule is O=[N+]([O-])c1ccc(CS(=O)(=O)Nc2ccc(Br)cc2)cc1. The summed E-state index contributed by atoms with van der Waals surface area (Å²) in [5.41, 5.74) is 0.863. The molecule has 2 aromatic rings. The Kier molecular flexibility index (Phi) is 4.59. The summed E-state index contributed by atoms with van der Waals surface area (Å²) >= 11 is 3.27. The van der Waals surface area contributed by atoms with E-state index in [1.807, 2.05) is 0 Å². The van der Waals surface area contributed by atoms with Crippen molar-refractivity contribution in [2.45, 2.75) is 5.75 Å². The van der Waals surface area contributed by atoms with Gasteiger partial charge in [-0.3, -0.25) is 14.8 Å². The molecule has 8 heteroatoms. The first kappa shape index (κ1) is 15.5. The summed E-state index contributed by atoms with van der Waals surface area (Å²) in [6.07, 6.45) is 0. The third kappa shape index (κ3) is 4.54. The van der Waals surface area contributed by atoms with Crippen LogP contribution in [0.4, 0.5) is 11.4 Å². The Morgan fingerprint density at radius 1 is 1.05 bits per heavy atom. The molecule has 0 spiro atoms. The fourth-order valence-corrected chi connectivity index (χ4v) is 3.13. The fourth-order valence-electron chi connectivity index (χ4n) is 1.67. The predicted octanol–water partition coefficient (Wildman–Crippen LogP) is 3.30. The Bertz CT molecular complexity index is 743.